The maximum absolute atomic E-state index is 6.15. The molecule has 0 amide bonds. The minimum atomic E-state index is 0.110. The quantitative estimate of drug-likeness (QED) is 0.663. The Morgan fingerprint density at radius 1 is 1.47 bits per heavy atom. The molecule has 2 aliphatic rings. The van der Waals surface area contributed by atoms with Gasteiger partial charge in [0.05, 0.1) is 22.8 Å². The molecule has 3 heterocycles. The highest BCUT2D eigenvalue weighted by atomic mass is 32.2. The number of ether oxygens (including phenoxy) is 1. The zero-order valence-corrected chi connectivity index (χ0v) is 12.6. The first-order valence-electron chi connectivity index (χ1n) is 6.89. The topological polar surface area (TPSA) is 60.2 Å². The van der Waals surface area contributed by atoms with Crippen LogP contribution in [-0.2, 0) is 4.74 Å². The first kappa shape index (κ1) is 13.8. The van der Waals surface area contributed by atoms with Gasteiger partial charge < -0.3 is 4.74 Å². The van der Waals surface area contributed by atoms with Crippen molar-refractivity contribution in [1.82, 2.24) is 10.4 Å². The molecule has 1 aromatic heterocycles. The molecule has 0 aliphatic carbocycles. The molecule has 0 aromatic carbocycles. The third kappa shape index (κ3) is 2.97. The fourth-order valence-electron chi connectivity index (χ4n) is 3.28. The highest BCUT2D eigenvalue weighted by Gasteiger charge is 2.41. The van der Waals surface area contributed by atoms with Gasteiger partial charge in [0, 0.05) is 12.0 Å². The second-order valence-corrected chi connectivity index (χ2v) is 7.40. The fourth-order valence-corrected chi connectivity index (χ4v) is 5.11. The normalized spacial score (nSPS) is 28.4. The van der Waals surface area contributed by atoms with Crippen molar-refractivity contribution in [1.29, 1.82) is 0 Å². The lowest BCUT2D eigenvalue weighted by atomic mass is 9.78. The Hall–Kier alpha value is -0.140. The first-order valence-corrected chi connectivity index (χ1v) is 8.99. The van der Waals surface area contributed by atoms with Crippen LogP contribution in [0.4, 0.5) is 0 Å². The molecule has 1 spiro atoms. The van der Waals surface area contributed by atoms with Gasteiger partial charge >= 0.3 is 0 Å². The lowest BCUT2D eigenvalue weighted by Gasteiger charge is -2.45. The summed E-state index contributed by atoms with van der Waals surface area (Å²) in [6, 6.07) is 0.168. The van der Waals surface area contributed by atoms with Gasteiger partial charge in [-0.15, -0.1) is 11.3 Å². The lowest BCUT2D eigenvalue weighted by Crippen LogP contribution is -2.46. The summed E-state index contributed by atoms with van der Waals surface area (Å²) in [5.74, 6) is 8.77. The van der Waals surface area contributed by atoms with Crippen LogP contribution in [0.3, 0.4) is 0 Å². The molecule has 0 saturated carbocycles. The van der Waals surface area contributed by atoms with E-state index in [0.717, 1.165) is 25.1 Å². The van der Waals surface area contributed by atoms with E-state index in [9.17, 15) is 0 Å². The van der Waals surface area contributed by atoms with Gasteiger partial charge in [-0.05, 0) is 43.1 Å². The SMILES string of the molecule is NNC(c1cscn1)C1CCOC2(CCSCC2)C1. The van der Waals surface area contributed by atoms with E-state index in [1.165, 1.54) is 24.3 Å². The molecule has 0 radical (unpaired) electrons. The van der Waals surface area contributed by atoms with Crippen LogP contribution >= 0.6 is 23.1 Å². The minimum Gasteiger partial charge on any atom is -0.375 e. The fraction of sp³-hybridized carbons (Fsp3) is 0.769. The summed E-state index contributed by atoms with van der Waals surface area (Å²) < 4.78 is 6.15. The van der Waals surface area contributed by atoms with Gasteiger partial charge in [0.1, 0.15) is 0 Å². The molecular formula is C13H21N3OS2. The summed E-state index contributed by atoms with van der Waals surface area (Å²) in [5, 5.41) is 2.10. The second kappa shape index (κ2) is 6.10. The van der Waals surface area contributed by atoms with Crippen molar-refractivity contribution in [2.24, 2.45) is 11.8 Å². The largest absolute Gasteiger partial charge is 0.375 e. The molecule has 2 fully saturated rings. The lowest BCUT2D eigenvalue weighted by molar-refractivity contribution is -0.107. The van der Waals surface area contributed by atoms with E-state index in [0.29, 0.717) is 5.92 Å². The molecule has 2 unspecified atom stereocenters. The van der Waals surface area contributed by atoms with Gasteiger partial charge in [0.25, 0.3) is 0 Å². The maximum Gasteiger partial charge on any atom is 0.0795 e. The van der Waals surface area contributed by atoms with Crippen molar-refractivity contribution in [3.8, 4) is 0 Å². The maximum atomic E-state index is 6.15. The van der Waals surface area contributed by atoms with Crippen LogP contribution in [0.25, 0.3) is 0 Å². The van der Waals surface area contributed by atoms with E-state index in [-0.39, 0.29) is 11.6 Å². The van der Waals surface area contributed by atoms with E-state index < -0.39 is 0 Å². The van der Waals surface area contributed by atoms with E-state index in [1.807, 2.05) is 17.3 Å². The summed E-state index contributed by atoms with van der Waals surface area (Å²) in [6.07, 6.45) is 4.55. The second-order valence-electron chi connectivity index (χ2n) is 5.45. The summed E-state index contributed by atoms with van der Waals surface area (Å²) in [6.45, 7) is 0.859. The third-order valence-corrected chi connectivity index (χ3v) is 5.95. The Labute approximate surface area is 122 Å². The number of aromatic nitrogens is 1. The minimum absolute atomic E-state index is 0.110. The van der Waals surface area contributed by atoms with Gasteiger partial charge in [-0.25, -0.2) is 4.98 Å². The summed E-state index contributed by atoms with van der Waals surface area (Å²) in [5.41, 5.74) is 6.05. The van der Waals surface area contributed by atoms with Crippen molar-refractivity contribution in [3.63, 3.8) is 0 Å². The van der Waals surface area contributed by atoms with Crippen molar-refractivity contribution >= 4 is 23.1 Å². The van der Waals surface area contributed by atoms with Crippen LogP contribution in [0.2, 0.25) is 0 Å². The van der Waals surface area contributed by atoms with Crippen LogP contribution in [0.5, 0.6) is 0 Å². The zero-order chi connectivity index (χ0) is 13.1. The number of hydrogen-bond donors (Lipinski definition) is 2. The standard InChI is InChI=1S/C13H21N3OS2/c14-16-12(11-8-19-9-15-11)10-1-4-17-13(7-10)2-5-18-6-3-13/h8-10,12,16H,1-7,14H2. The predicted octanol–water partition coefficient (Wildman–Crippen LogP) is 2.34. The van der Waals surface area contributed by atoms with E-state index in [2.05, 4.69) is 15.8 Å². The number of hydrogen-bond acceptors (Lipinski definition) is 6. The van der Waals surface area contributed by atoms with Gasteiger partial charge in [-0.3, -0.25) is 11.3 Å². The smallest absolute Gasteiger partial charge is 0.0795 e. The number of thioether (sulfide) groups is 1. The first-order chi connectivity index (χ1) is 9.33. The van der Waals surface area contributed by atoms with Crippen LogP contribution in [-0.4, -0.2) is 28.7 Å². The zero-order valence-electron chi connectivity index (χ0n) is 11.0. The van der Waals surface area contributed by atoms with Crippen molar-refractivity contribution < 1.29 is 4.74 Å². The Balaban J connectivity index is 1.73. The van der Waals surface area contributed by atoms with E-state index >= 15 is 0 Å². The average molecular weight is 299 g/mol. The summed E-state index contributed by atoms with van der Waals surface area (Å²) >= 11 is 3.68. The van der Waals surface area contributed by atoms with E-state index in [1.54, 1.807) is 11.3 Å². The molecular weight excluding hydrogens is 278 g/mol. The van der Waals surface area contributed by atoms with E-state index in [4.69, 9.17) is 10.6 Å². The Morgan fingerprint density at radius 2 is 2.32 bits per heavy atom. The Kier molecular flexibility index (Phi) is 4.44. The van der Waals surface area contributed by atoms with Gasteiger partial charge in [0.2, 0.25) is 0 Å². The van der Waals surface area contributed by atoms with Crippen LogP contribution < -0.4 is 11.3 Å². The number of hydrazine groups is 1. The average Bonchev–Trinajstić information content (AvgIpc) is 2.95. The number of thiazole rings is 1. The molecule has 106 valence electrons. The molecule has 4 nitrogen and oxygen atoms in total. The Bertz CT molecular complexity index is 387. The highest BCUT2D eigenvalue weighted by molar-refractivity contribution is 7.99. The van der Waals surface area contributed by atoms with Crippen molar-refractivity contribution in [2.75, 3.05) is 18.1 Å². The molecule has 3 N–H and O–H groups in total. The van der Waals surface area contributed by atoms with Gasteiger partial charge in [0.15, 0.2) is 0 Å². The predicted molar refractivity (Wildman–Crippen MR) is 80.1 cm³/mol. The number of rotatable bonds is 3. The molecule has 19 heavy (non-hydrogen) atoms. The monoisotopic (exact) mass is 299 g/mol. The van der Waals surface area contributed by atoms with Crippen molar-refractivity contribution in [2.45, 2.75) is 37.3 Å². The number of nitrogens with zero attached hydrogens (tertiary/aromatic N) is 1. The highest BCUT2D eigenvalue weighted by Crippen LogP contribution is 2.43. The third-order valence-electron chi connectivity index (χ3n) is 4.36. The molecule has 2 aliphatic heterocycles. The molecule has 1 aromatic rings. The van der Waals surface area contributed by atoms with Gasteiger partial charge in [-0.1, -0.05) is 0 Å². The van der Waals surface area contributed by atoms with Crippen LogP contribution in [0.1, 0.15) is 37.4 Å². The molecule has 0 bridgehead atoms. The Morgan fingerprint density at radius 3 is 3.00 bits per heavy atom. The van der Waals surface area contributed by atoms with Crippen molar-refractivity contribution in [3.05, 3.63) is 16.6 Å². The summed E-state index contributed by atoms with van der Waals surface area (Å²) in [7, 11) is 0. The molecule has 2 atom stereocenters. The molecule has 6 heteroatoms. The van der Waals surface area contributed by atoms with Crippen LogP contribution in [0.15, 0.2) is 10.9 Å². The molecule has 2 saturated heterocycles. The number of nitrogens with one attached hydrogen (secondary N) is 1. The van der Waals surface area contributed by atoms with Crippen LogP contribution in [0, 0.1) is 5.92 Å². The van der Waals surface area contributed by atoms with Gasteiger partial charge in [-0.2, -0.15) is 11.8 Å². The summed E-state index contributed by atoms with van der Waals surface area (Å²) in [4.78, 5) is 4.43. The molecule has 3 rings (SSSR count). The number of nitrogens with two attached hydrogens (primary N) is 1.